The Kier molecular flexibility index (Phi) is 9.85. The molecule has 1 amide bonds. The molecule has 2 heterocycles. The lowest BCUT2D eigenvalue weighted by atomic mass is 10.1. The van der Waals surface area contributed by atoms with E-state index in [1.807, 2.05) is 127 Å². The minimum Gasteiger partial charge on any atom is -1.00 e. The summed E-state index contributed by atoms with van der Waals surface area (Å²) in [5.74, 6) is -0.162. The highest BCUT2D eigenvalue weighted by atomic mass is 79.9. The van der Waals surface area contributed by atoms with Gasteiger partial charge in [0.05, 0.1) is 16.8 Å². The number of carbonyl (C=O) groups is 1. The van der Waals surface area contributed by atoms with Crippen molar-refractivity contribution in [1.29, 1.82) is 0 Å². The quantitative estimate of drug-likeness (QED) is 0.224. The highest BCUT2D eigenvalue weighted by Gasteiger charge is 2.11. The van der Waals surface area contributed by atoms with E-state index in [2.05, 4.69) is 16.0 Å². The second kappa shape index (κ2) is 12.9. The Morgan fingerprint density at radius 3 is 1.95 bits per heavy atom. The zero-order valence-corrected chi connectivity index (χ0v) is 24.7. The van der Waals surface area contributed by atoms with Crippen LogP contribution in [-0.4, -0.2) is 5.91 Å². The van der Waals surface area contributed by atoms with Gasteiger partial charge in [0.2, 0.25) is 5.52 Å². The molecule has 0 bridgehead atoms. The maximum absolute atomic E-state index is 12.8. The number of nitrogens with one attached hydrogen (secondary N) is 3. The number of amides is 1. The van der Waals surface area contributed by atoms with Gasteiger partial charge in [0, 0.05) is 51.9 Å². The van der Waals surface area contributed by atoms with Gasteiger partial charge >= 0.3 is 0 Å². The van der Waals surface area contributed by atoms with Gasteiger partial charge in [-0.3, -0.25) is 4.79 Å². The van der Waals surface area contributed by atoms with Gasteiger partial charge in [0.25, 0.3) is 5.91 Å². The summed E-state index contributed by atoms with van der Waals surface area (Å²) in [6, 6.07) is 26.9. The van der Waals surface area contributed by atoms with Crippen molar-refractivity contribution in [2.45, 2.75) is 0 Å². The van der Waals surface area contributed by atoms with Crippen LogP contribution in [0.3, 0.4) is 0 Å². The molecule has 6 nitrogen and oxygen atoms in total. The number of benzene rings is 3. The molecular weight excluding hydrogens is 630 g/mol. The van der Waals surface area contributed by atoms with Crippen molar-refractivity contribution in [2.75, 3.05) is 16.0 Å². The highest BCUT2D eigenvalue weighted by Crippen LogP contribution is 2.27. The fourth-order valence-electron chi connectivity index (χ4n) is 3.94. The van der Waals surface area contributed by atoms with Crippen LogP contribution >= 0.6 is 11.6 Å². The van der Waals surface area contributed by atoms with Gasteiger partial charge in [-0.1, -0.05) is 11.6 Å². The lowest BCUT2D eigenvalue weighted by Crippen LogP contribution is -3.00. The van der Waals surface area contributed by atoms with Crippen molar-refractivity contribution >= 4 is 56.8 Å². The molecule has 0 saturated carbocycles. The minimum absolute atomic E-state index is 0. The summed E-state index contributed by atoms with van der Waals surface area (Å²) in [6.45, 7) is 0. The van der Waals surface area contributed by atoms with E-state index in [1.54, 1.807) is 0 Å². The summed E-state index contributed by atoms with van der Waals surface area (Å²) >= 11 is 6.18. The molecule has 3 N–H and O–H groups in total. The van der Waals surface area contributed by atoms with Crippen LogP contribution in [0.1, 0.15) is 10.4 Å². The van der Waals surface area contributed by atoms with Crippen molar-refractivity contribution < 1.29 is 47.9 Å². The van der Waals surface area contributed by atoms with Gasteiger partial charge in [-0.15, -0.1) is 0 Å². The third-order valence-corrected chi connectivity index (χ3v) is 6.17. The average molecular weight is 656 g/mol. The number of rotatable bonds is 6. The van der Waals surface area contributed by atoms with Gasteiger partial charge in [0.1, 0.15) is 14.1 Å². The second-order valence-electron chi connectivity index (χ2n) is 8.61. The fourth-order valence-corrected chi connectivity index (χ4v) is 4.11. The molecule has 0 aliphatic rings. The van der Waals surface area contributed by atoms with Gasteiger partial charge in [-0.2, -0.15) is 0 Å². The van der Waals surface area contributed by atoms with Crippen molar-refractivity contribution in [1.82, 2.24) is 0 Å². The number of pyridine rings is 2. The summed E-state index contributed by atoms with van der Waals surface area (Å²) in [7, 11) is 3.97. The van der Waals surface area contributed by atoms with E-state index in [0.717, 1.165) is 39.3 Å². The maximum Gasteiger partial charge on any atom is 0.255 e. The molecule has 5 aromatic rings. The third-order valence-electron chi connectivity index (χ3n) is 5.93. The SMILES string of the molecule is C[n+]1ccc(Nc2ccc(NC(=O)c3ccc(Nc4cc[n+](C)c5cc(Cl)ccc45)cc3)cc2)cc1.[Br-].[Br-]. The van der Waals surface area contributed by atoms with E-state index in [4.69, 9.17) is 11.6 Å². The minimum atomic E-state index is -0.162. The predicted molar refractivity (Wildman–Crippen MR) is 145 cm³/mol. The molecule has 0 spiro atoms. The Morgan fingerprint density at radius 1 is 0.684 bits per heavy atom. The second-order valence-corrected chi connectivity index (χ2v) is 9.05. The van der Waals surface area contributed by atoms with E-state index >= 15 is 0 Å². The van der Waals surface area contributed by atoms with Gasteiger partial charge < -0.3 is 49.9 Å². The number of nitrogens with zero attached hydrogens (tertiary/aromatic N) is 2. The van der Waals surface area contributed by atoms with Crippen LogP contribution in [0.2, 0.25) is 5.02 Å². The van der Waals surface area contributed by atoms with E-state index < -0.39 is 0 Å². The van der Waals surface area contributed by atoms with Crippen LogP contribution in [0, 0.1) is 0 Å². The standard InChI is InChI=1S/C29H24ClN5O.2BrH/c1-34-16-13-25(14-17-34)31-22-8-10-24(11-9-22)33-29(36)20-3-6-23(7-4-20)32-27-15-18-35(2)28-19-21(30)5-12-26(27)28;;/h3-19H,1-2H3,(H,33,36);2*1H. The summed E-state index contributed by atoms with van der Waals surface area (Å²) < 4.78 is 4.01. The molecule has 0 atom stereocenters. The lowest BCUT2D eigenvalue weighted by Gasteiger charge is -2.11. The molecule has 2 aromatic heterocycles. The zero-order valence-electron chi connectivity index (χ0n) is 20.8. The van der Waals surface area contributed by atoms with Crippen molar-refractivity contribution in [3.63, 3.8) is 0 Å². The Balaban J connectivity index is 0.00000200. The fraction of sp³-hybridized carbons (Fsp3) is 0.0690. The highest BCUT2D eigenvalue weighted by molar-refractivity contribution is 6.31. The molecule has 38 heavy (non-hydrogen) atoms. The van der Waals surface area contributed by atoms with E-state index in [1.165, 1.54) is 0 Å². The monoisotopic (exact) mass is 653 g/mol. The van der Waals surface area contributed by atoms with Gasteiger partial charge in [0.15, 0.2) is 18.6 Å². The maximum atomic E-state index is 12.8. The van der Waals surface area contributed by atoms with E-state index in [0.29, 0.717) is 10.6 Å². The number of fused-ring (bicyclic) bond motifs is 1. The first-order chi connectivity index (χ1) is 17.4. The van der Waals surface area contributed by atoms with Crippen molar-refractivity contribution in [3.05, 3.63) is 114 Å². The topological polar surface area (TPSA) is 60.9 Å². The normalized spacial score (nSPS) is 10.2. The Labute approximate surface area is 247 Å². The lowest BCUT2D eigenvalue weighted by molar-refractivity contribution is -0.671. The molecule has 0 saturated heterocycles. The summed E-state index contributed by atoms with van der Waals surface area (Å²) in [6.07, 6.45) is 5.95. The molecule has 5 rings (SSSR count). The number of aromatic nitrogens is 2. The first kappa shape index (κ1) is 29.1. The Morgan fingerprint density at radius 2 is 1.26 bits per heavy atom. The predicted octanol–water partition coefficient (Wildman–Crippen LogP) is -0.110. The summed E-state index contributed by atoms with van der Waals surface area (Å²) in [4.78, 5) is 12.8. The average Bonchev–Trinajstić information content (AvgIpc) is 2.89. The molecule has 0 radical (unpaired) electrons. The summed E-state index contributed by atoms with van der Waals surface area (Å²) in [5, 5.41) is 11.5. The molecule has 0 aliphatic heterocycles. The van der Waals surface area contributed by atoms with Crippen molar-refractivity contribution in [3.8, 4) is 0 Å². The molecule has 0 fully saturated rings. The summed E-state index contributed by atoms with van der Waals surface area (Å²) in [5.41, 5.74) is 6.14. The van der Waals surface area contributed by atoms with E-state index in [-0.39, 0.29) is 39.9 Å². The number of anilines is 5. The number of halogens is 3. The van der Waals surface area contributed by atoms with Crippen LogP contribution in [0.25, 0.3) is 10.9 Å². The third kappa shape index (κ3) is 6.89. The van der Waals surface area contributed by atoms with Crippen LogP contribution in [-0.2, 0) is 14.1 Å². The largest absolute Gasteiger partial charge is 1.00 e. The molecule has 0 unspecified atom stereocenters. The number of hydrogen-bond acceptors (Lipinski definition) is 3. The van der Waals surface area contributed by atoms with Crippen LogP contribution in [0.15, 0.2) is 104 Å². The van der Waals surface area contributed by atoms with Crippen LogP contribution in [0.4, 0.5) is 28.4 Å². The smallest absolute Gasteiger partial charge is 0.255 e. The Hall–Kier alpha value is -3.46. The number of hydrogen-bond donors (Lipinski definition) is 3. The number of carbonyl (C=O) groups excluding carboxylic acids is 1. The van der Waals surface area contributed by atoms with Crippen molar-refractivity contribution in [2.24, 2.45) is 14.1 Å². The molecule has 3 aromatic carbocycles. The van der Waals surface area contributed by atoms with Gasteiger partial charge in [-0.05, 0) is 60.7 Å². The molecular formula is C29H26Br2ClN5O. The zero-order chi connectivity index (χ0) is 25.1. The van der Waals surface area contributed by atoms with Gasteiger partial charge in [-0.25, -0.2) is 9.13 Å². The molecule has 9 heteroatoms. The first-order valence-electron chi connectivity index (χ1n) is 11.5. The number of aryl methyl sites for hydroxylation is 2. The van der Waals surface area contributed by atoms with Crippen LogP contribution in [0.5, 0.6) is 0 Å². The molecule has 194 valence electrons. The molecule has 0 aliphatic carbocycles. The van der Waals surface area contributed by atoms with E-state index in [9.17, 15) is 4.79 Å². The first-order valence-corrected chi connectivity index (χ1v) is 11.9. The van der Waals surface area contributed by atoms with Crippen LogP contribution < -0.4 is 59.0 Å². The Bertz CT molecular complexity index is 1540.